The quantitative estimate of drug-likeness (QED) is 0.856. The molecule has 0 spiro atoms. The first-order valence-corrected chi connectivity index (χ1v) is 8.04. The Hall–Kier alpha value is -0.610. The summed E-state index contributed by atoms with van der Waals surface area (Å²) in [7, 11) is 1.76. The molecule has 2 fully saturated rings. The fourth-order valence-electron chi connectivity index (χ4n) is 3.59. The lowest BCUT2D eigenvalue weighted by Crippen LogP contribution is -2.51. The molecule has 0 aromatic rings. The molecule has 116 valence electrons. The highest BCUT2D eigenvalue weighted by Crippen LogP contribution is 2.34. The third-order valence-corrected chi connectivity index (χ3v) is 5.17. The highest BCUT2D eigenvalue weighted by molar-refractivity contribution is 5.82. The first kappa shape index (κ1) is 15.8. The maximum Gasteiger partial charge on any atom is 0.228 e. The van der Waals surface area contributed by atoms with Crippen molar-refractivity contribution in [3.8, 4) is 0 Å². The molecule has 1 N–H and O–H groups in total. The Morgan fingerprint density at radius 2 is 2.00 bits per heavy atom. The monoisotopic (exact) mass is 282 g/mol. The van der Waals surface area contributed by atoms with E-state index < -0.39 is 0 Å². The Bertz CT molecular complexity index is 316. The average molecular weight is 282 g/mol. The van der Waals surface area contributed by atoms with Crippen LogP contribution in [0.5, 0.6) is 0 Å². The van der Waals surface area contributed by atoms with Gasteiger partial charge in [-0.15, -0.1) is 0 Å². The molecule has 4 nitrogen and oxygen atoms in total. The molecule has 0 aliphatic carbocycles. The lowest BCUT2D eigenvalue weighted by Gasteiger charge is -2.41. The van der Waals surface area contributed by atoms with E-state index in [1.54, 1.807) is 7.11 Å². The number of carbonyl (C=O) groups is 1. The number of carbonyl (C=O) groups excluding carboxylic acids is 1. The van der Waals surface area contributed by atoms with Crippen molar-refractivity contribution in [1.82, 2.24) is 10.2 Å². The summed E-state index contributed by atoms with van der Waals surface area (Å²) in [5.74, 6) is 1.45. The molecule has 4 heteroatoms. The van der Waals surface area contributed by atoms with Crippen LogP contribution in [0.3, 0.4) is 0 Å². The van der Waals surface area contributed by atoms with E-state index in [-0.39, 0.29) is 5.41 Å². The van der Waals surface area contributed by atoms with Crippen molar-refractivity contribution < 1.29 is 9.53 Å². The zero-order valence-electron chi connectivity index (χ0n) is 13.3. The van der Waals surface area contributed by atoms with E-state index in [9.17, 15) is 4.79 Å². The molecule has 2 rings (SSSR count). The van der Waals surface area contributed by atoms with Gasteiger partial charge >= 0.3 is 0 Å². The van der Waals surface area contributed by atoms with E-state index in [1.807, 2.05) is 0 Å². The van der Waals surface area contributed by atoms with Crippen LogP contribution in [0.1, 0.15) is 39.5 Å². The Morgan fingerprint density at radius 1 is 1.30 bits per heavy atom. The Morgan fingerprint density at radius 3 is 2.55 bits per heavy atom. The molecule has 0 aromatic heterocycles. The van der Waals surface area contributed by atoms with Crippen molar-refractivity contribution in [2.45, 2.75) is 39.5 Å². The van der Waals surface area contributed by atoms with Gasteiger partial charge in [0.25, 0.3) is 0 Å². The van der Waals surface area contributed by atoms with Gasteiger partial charge in [0.15, 0.2) is 0 Å². The van der Waals surface area contributed by atoms with E-state index in [0.29, 0.717) is 17.7 Å². The number of ether oxygens (including phenoxy) is 1. The van der Waals surface area contributed by atoms with E-state index in [0.717, 1.165) is 45.6 Å². The van der Waals surface area contributed by atoms with Gasteiger partial charge in [0.05, 0.1) is 0 Å². The summed E-state index contributed by atoms with van der Waals surface area (Å²) < 4.78 is 5.23. The van der Waals surface area contributed by atoms with E-state index >= 15 is 0 Å². The van der Waals surface area contributed by atoms with E-state index in [2.05, 4.69) is 24.1 Å². The second-order valence-corrected chi connectivity index (χ2v) is 6.96. The van der Waals surface area contributed by atoms with Gasteiger partial charge in [0, 0.05) is 32.2 Å². The predicted octanol–water partition coefficient (Wildman–Crippen LogP) is 1.90. The number of hydrogen-bond acceptors (Lipinski definition) is 3. The second-order valence-electron chi connectivity index (χ2n) is 6.96. The van der Waals surface area contributed by atoms with Gasteiger partial charge in [-0.25, -0.2) is 0 Å². The van der Waals surface area contributed by atoms with Crippen molar-refractivity contribution >= 4 is 5.91 Å². The minimum absolute atomic E-state index is 0.235. The van der Waals surface area contributed by atoms with Crippen LogP contribution >= 0.6 is 0 Å². The fraction of sp³-hybridized carbons (Fsp3) is 0.938. The molecule has 20 heavy (non-hydrogen) atoms. The molecular formula is C16H30N2O2. The molecule has 2 saturated heterocycles. The Labute approximate surface area is 123 Å². The first-order valence-electron chi connectivity index (χ1n) is 8.04. The van der Waals surface area contributed by atoms with Crippen LogP contribution < -0.4 is 5.32 Å². The fourth-order valence-corrected chi connectivity index (χ4v) is 3.59. The SMILES string of the molecule is COCC1CCN(C(=O)C(C)(C)C2CCCNC2)CC1. The molecule has 2 aliphatic rings. The van der Waals surface area contributed by atoms with E-state index in [4.69, 9.17) is 4.74 Å². The summed E-state index contributed by atoms with van der Waals surface area (Å²) >= 11 is 0. The molecular weight excluding hydrogens is 252 g/mol. The van der Waals surface area contributed by atoms with Gasteiger partial charge in [-0.3, -0.25) is 4.79 Å². The minimum atomic E-state index is -0.235. The van der Waals surface area contributed by atoms with Gasteiger partial charge in [0.2, 0.25) is 5.91 Å². The molecule has 1 amide bonds. The topological polar surface area (TPSA) is 41.6 Å². The lowest BCUT2D eigenvalue weighted by molar-refractivity contribution is -0.145. The number of rotatable bonds is 4. The first-order chi connectivity index (χ1) is 9.55. The predicted molar refractivity (Wildman–Crippen MR) is 80.6 cm³/mol. The van der Waals surface area contributed by atoms with Crippen molar-refractivity contribution in [2.75, 3.05) is 39.9 Å². The highest BCUT2D eigenvalue weighted by Gasteiger charge is 2.40. The molecule has 0 radical (unpaired) electrons. The van der Waals surface area contributed by atoms with Crippen molar-refractivity contribution in [3.05, 3.63) is 0 Å². The van der Waals surface area contributed by atoms with Crippen LogP contribution in [-0.4, -0.2) is 50.7 Å². The number of methoxy groups -OCH3 is 1. The zero-order valence-corrected chi connectivity index (χ0v) is 13.3. The van der Waals surface area contributed by atoms with Crippen LogP contribution in [0.2, 0.25) is 0 Å². The van der Waals surface area contributed by atoms with Gasteiger partial charge < -0.3 is 15.0 Å². The average Bonchev–Trinajstić information content (AvgIpc) is 2.48. The summed E-state index contributed by atoms with van der Waals surface area (Å²) in [4.78, 5) is 14.9. The number of nitrogens with one attached hydrogen (secondary N) is 1. The zero-order chi connectivity index (χ0) is 14.6. The summed E-state index contributed by atoms with van der Waals surface area (Å²) in [5, 5.41) is 3.44. The van der Waals surface area contributed by atoms with Crippen molar-refractivity contribution in [2.24, 2.45) is 17.3 Å². The number of nitrogens with zero attached hydrogens (tertiary/aromatic N) is 1. The minimum Gasteiger partial charge on any atom is -0.384 e. The van der Waals surface area contributed by atoms with Gasteiger partial charge in [-0.2, -0.15) is 0 Å². The maximum atomic E-state index is 12.9. The Kier molecular flexibility index (Phi) is 5.44. The lowest BCUT2D eigenvalue weighted by atomic mass is 9.73. The van der Waals surface area contributed by atoms with Crippen LogP contribution in [0.4, 0.5) is 0 Å². The van der Waals surface area contributed by atoms with Gasteiger partial charge in [-0.05, 0) is 50.6 Å². The third kappa shape index (κ3) is 3.53. The largest absolute Gasteiger partial charge is 0.384 e. The van der Waals surface area contributed by atoms with Crippen LogP contribution in [-0.2, 0) is 9.53 Å². The molecule has 0 aromatic carbocycles. The van der Waals surface area contributed by atoms with Crippen LogP contribution in [0.25, 0.3) is 0 Å². The van der Waals surface area contributed by atoms with Crippen molar-refractivity contribution in [3.63, 3.8) is 0 Å². The smallest absolute Gasteiger partial charge is 0.228 e. The summed E-state index contributed by atoms with van der Waals surface area (Å²) in [6, 6.07) is 0. The van der Waals surface area contributed by atoms with E-state index in [1.165, 1.54) is 12.8 Å². The maximum absolute atomic E-state index is 12.9. The second kappa shape index (κ2) is 6.90. The Balaban J connectivity index is 1.90. The normalized spacial score (nSPS) is 25.8. The van der Waals surface area contributed by atoms with Crippen LogP contribution in [0, 0.1) is 17.3 Å². The molecule has 1 unspecified atom stereocenters. The summed E-state index contributed by atoms with van der Waals surface area (Å²) in [5.41, 5.74) is -0.235. The highest BCUT2D eigenvalue weighted by atomic mass is 16.5. The number of hydrogen-bond donors (Lipinski definition) is 1. The standard InChI is InChI=1S/C16H30N2O2/c1-16(2,14-5-4-8-17-11-14)15(19)18-9-6-13(7-10-18)12-20-3/h13-14,17H,4-12H2,1-3H3. The number of piperidine rings is 2. The number of amides is 1. The number of likely N-dealkylation sites (tertiary alicyclic amines) is 1. The summed E-state index contributed by atoms with van der Waals surface area (Å²) in [6.45, 7) is 8.98. The third-order valence-electron chi connectivity index (χ3n) is 5.17. The molecule has 0 bridgehead atoms. The molecule has 2 heterocycles. The van der Waals surface area contributed by atoms with Crippen LogP contribution in [0.15, 0.2) is 0 Å². The molecule has 2 aliphatic heterocycles. The van der Waals surface area contributed by atoms with Crippen molar-refractivity contribution in [1.29, 1.82) is 0 Å². The molecule has 0 saturated carbocycles. The summed E-state index contributed by atoms with van der Waals surface area (Å²) in [6.07, 6.45) is 4.53. The van der Waals surface area contributed by atoms with Gasteiger partial charge in [-0.1, -0.05) is 13.8 Å². The van der Waals surface area contributed by atoms with Gasteiger partial charge in [0.1, 0.15) is 0 Å². The molecule has 1 atom stereocenters.